The Morgan fingerprint density at radius 1 is 1.14 bits per heavy atom. The highest BCUT2D eigenvalue weighted by atomic mass is 32.1. The first-order chi connectivity index (χ1) is 17.6. The van der Waals surface area contributed by atoms with Crippen molar-refractivity contribution in [3.05, 3.63) is 69.4 Å². The molecule has 0 unspecified atom stereocenters. The molecular formula is C26H30N6O4S. The van der Waals surface area contributed by atoms with Gasteiger partial charge in [0, 0.05) is 31.1 Å². The highest BCUT2D eigenvalue weighted by Crippen LogP contribution is 2.32. The summed E-state index contributed by atoms with van der Waals surface area (Å²) >= 11 is 1.38. The second kappa shape index (κ2) is 9.62. The minimum Gasteiger partial charge on any atom is -0.444 e. The van der Waals surface area contributed by atoms with E-state index in [2.05, 4.69) is 10.1 Å². The molecule has 4 aromatic rings. The van der Waals surface area contributed by atoms with Crippen molar-refractivity contribution in [2.45, 2.75) is 51.8 Å². The van der Waals surface area contributed by atoms with Gasteiger partial charge in [-0.05, 0) is 45.2 Å². The molecule has 194 valence electrons. The molecule has 1 aliphatic rings. The van der Waals surface area contributed by atoms with Crippen molar-refractivity contribution in [3.63, 3.8) is 0 Å². The predicted molar refractivity (Wildman–Crippen MR) is 142 cm³/mol. The van der Waals surface area contributed by atoms with Crippen molar-refractivity contribution in [2.24, 2.45) is 7.05 Å². The fourth-order valence-corrected chi connectivity index (χ4v) is 5.72. The first kappa shape index (κ1) is 24.9. The molecule has 1 fully saturated rings. The minimum absolute atomic E-state index is 0.151. The maximum absolute atomic E-state index is 13.8. The minimum atomic E-state index is -0.585. The first-order valence-corrected chi connectivity index (χ1v) is 13.1. The number of fused-ring (bicyclic) bond motifs is 1. The topological polar surface area (TPSA) is 104 Å². The Labute approximate surface area is 217 Å². The van der Waals surface area contributed by atoms with Crippen LogP contribution >= 0.6 is 11.3 Å². The van der Waals surface area contributed by atoms with Crippen LogP contribution in [0.15, 0.2) is 52.3 Å². The molecule has 0 saturated carbocycles. The highest BCUT2D eigenvalue weighted by Gasteiger charge is 2.30. The van der Waals surface area contributed by atoms with Gasteiger partial charge in [0.2, 0.25) is 0 Å². The number of hydrogen-bond donors (Lipinski definition) is 0. The Morgan fingerprint density at radius 3 is 2.46 bits per heavy atom. The van der Waals surface area contributed by atoms with Crippen molar-refractivity contribution in [3.8, 4) is 10.4 Å². The van der Waals surface area contributed by atoms with Gasteiger partial charge in [0.1, 0.15) is 16.6 Å². The molecule has 37 heavy (non-hydrogen) atoms. The van der Waals surface area contributed by atoms with Gasteiger partial charge in [-0.2, -0.15) is 5.10 Å². The number of carbonyl (C=O) groups is 1. The van der Waals surface area contributed by atoms with E-state index >= 15 is 0 Å². The lowest BCUT2D eigenvalue weighted by Gasteiger charge is -2.34. The van der Waals surface area contributed by atoms with Gasteiger partial charge in [-0.15, -0.1) is 11.3 Å². The number of ether oxygens (including phenoxy) is 1. The first-order valence-electron chi connectivity index (χ1n) is 12.3. The van der Waals surface area contributed by atoms with Crippen molar-refractivity contribution in [1.29, 1.82) is 0 Å². The number of piperidine rings is 1. The average Bonchev–Trinajstić information content (AvgIpc) is 3.48. The van der Waals surface area contributed by atoms with E-state index in [-0.39, 0.29) is 24.2 Å². The largest absolute Gasteiger partial charge is 0.444 e. The van der Waals surface area contributed by atoms with Crippen molar-refractivity contribution < 1.29 is 9.53 Å². The van der Waals surface area contributed by atoms with Gasteiger partial charge in [-0.3, -0.25) is 18.6 Å². The molecular weight excluding hydrogens is 492 g/mol. The number of benzene rings is 1. The SMILES string of the molecule is Cn1cnc(Cn2c(=O)n(C3CCN(C(=O)OC(C)(C)C)CC3)c(=O)c3sc(-c4ccccc4)cc32)n1. The molecule has 5 rings (SSSR count). The zero-order valence-electron chi connectivity index (χ0n) is 21.4. The highest BCUT2D eigenvalue weighted by molar-refractivity contribution is 7.22. The van der Waals surface area contributed by atoms with E-state index in [1.54, 1.807) is 27.5 Å². The van der Waals surface area contributed by atoms with Gasteiger partial charge >= 0.3 is 11.8 Å². The van der Waals surface area contributed by atoms with E-state index in [9.17, 15) is 14.4 Å². The van der Waals surface area contributed by atoms with E-state index in [1.165, 1.54) is 15.9 Å². The van der Waals surface area contributed by atoms with E-state index in [0.717, 1.165) is 10.4 Å². The summed E-state index contributed by atoms with van der Waals surface area (Å²) in [5.74, 6) is 0.489. The third-order valence-corrected chi connectivity index (χ3v) is 7.50. The standard InChI is InChI=1S/C26H30N6O4S/c1-26(2,3)36-25(35)30-12-10-18(11-13-30)32-23(33)22-19(14-20(37-22)17-8-6-5-7-9-17)31(24(32)34)15-21-27-16-29(4)28-21/h5-9,14,16,18H,10-13,15H2,1-4H3. The summed E-state index contributed by atoms with van der Waals surface area (Å²) in [6, 6.07) is 11.4. The van der Waals surface area contributed by atoms with Crippen molar-refractivity contribution in [1.82, 2.24) is 28.8 Å². The molecule has 1 saturated heterocycles. The lowest BCUT2D eigenvalue weighted by molar-refractivity contribution is 0.0186. The fraction of sp³-hybridized carbons (Fsp3) is 0.423. The van der Waals surface area contributed by atoms with Crippen molar-refractivity contribution >= 4 is 27.6 Å². The van der Waals surface area contributed by atoms with Crippen LogP contribution in [0.2, 0.25) is 0 Å². The molecule has 0 atom stereocenters. The number of carbonyl (C=O) groups excluding carboxylic acids is 1. The number of hydrogen-bond acceptors (Lipinski definition) is 7. The molecule has 1 amide bonds. The van der Waals surface area contributed by atoms with Crippen LogP contribution in [0, 0.1) is 0 Å². The third kappa shape index (κ3) is 5.08. The Bertz CT molecular complexity index is 1550. The maximum Gasteiger partial charge on any atom is 0.410 e. The van der Waals surface area contributed by atoms with Gasteiger partial charge in [-0.25, -0.2) is 14.6 Å². The molecule has 0 aliphatic carbocycles. The maximum atomic E-state index is 13.8. The molecule has 0 radical (unpaired) electrons. The Hall–Kier alpha value is -3.73. The third-order valence-electron chi connectivity index (χ3n) is 6.34. The molecule has 11 heteroatoms. The van der Waals surface area contributed by atoms with E-state index in [4.69, 9.17) is 4.74 Å². The average molecular weight is 523 g/mol. The summed E-state index contributed by atoms with van der Waals surface area (Å²) in [6.45, 7) is 6.45. The summed E-state index contributed by atoms with van der Waals surface area (Å²) in [6.07, 6.45) is 2.18. The van der Waals surface area contributed by atoms with Crippen LogP contribution in [-0.4, -0.2) is 53.6 Å². The number of aromatic nitrogens is 5. The molecule has 0 N–H and O–H groups in total. The van der Waals surface area contributed by atoms with Crippen LogP contribution in [0.4, 0.5) is 4.79 Å². The van der Waals surface area contributed by atoms with Gasteiger partial charge < -0.3 is 9.64 Å². The Kier molecular flexibility index (Phi) is 6.49. The molecule has 0 bridgehead atoms. The fourth-order valence-electron chi connectivity index (χ4n) is 4.61. The van der Waals surface area contributed by atoms with E-state index < -0.39 is 11.3 Å². The summed E-state index contributed by atoms with van der Waals surface area (Å²) < 4.78 is 10.6. The second-order valence-electron chi connectivity index (χ2n) is 10.3. The van der Waals surface area contributed by atoms with Gasteiger partial charge in [0.25, 0.3) is 5.56 Å². The zero-order valence-corrected chi connectivity index (χ0v) is 22.2. The van der Waals surface area contributed by atoms with E-state index in [0.29, 0.717) is 42.0 Å². The number of likely N-dealkylation sites (tertiary alicyclic amines) is 1. The number of nitrogens with zero attached hydrogens (tertiary/aromatic N) is 6. The van der Waals surface area contributed by atoms with Crippen LogP contribution in [0.5, 0.6) is 0 Å². The number of aryl methyl sites for hydroxylation is 1. The lowest BCUT2D eigenvalue weighted by Crippen LogP contribution is -2.47. The van der Waals surface area contributed by atoms with E-state index in [1.807, 2.05) is 57.2 Å². The molecule has 0 spiro atoms. The zero-order chi connectivity index (χ0) is 26.3. The Balaban J connectivity index is 1.55. The summed E-state index contributed by atoms with van der Waals surface area (Å²) in [5, 5.41) is 4.35. The normalized spacial score (nSPS) is 14.9. The second-order valence-corrected chi connectivity index (χ2v) is 11.3. The van der Waals surface area contributed by atoms with Crippen LogP contribution in [0.1, 0.15) is 45.5 Å². The van der Waals surface area contributed by atoms with Crippen LogP contribution in [-0.2, 0) is 18.3 Å². The summed E-state index contributed by atoms with van der Waals surface area (Å²) in [5.41, 5.74) is 0.286. The van der Waals surface area contributed by atoms with Crippen LogP contribution in [0.3, 0.4) is 0 Å². The quantitative estimate of drug-likeness (QED) is 0.405. The van der Waals surface area contributed by atoms with Gasteiger partial charge in [0.05, 0.1) is 12.1 Å². The molecule has 4 heterocycles. The van der Waals surface area contributed by atoms with Gasteiger partial charge in [0.15, 0.2) is 5.82 Å². The van der Waals surface area contributed by atoms with Crippen LogP contribution in [0.25, 0.3) is 20.7 Å². The van der Waals surface area contributed by atoms with Crippen LogP contribution < -0.4 is 11.2 Å². The molecule has 3 aromatic heterocycles. The predicted octanol–water partition coefficient (Wildman–Crippen LogP) is 3.64. The Morgan fingerprint density at radius 2 is 1.84 bits per heavy atom. The monoisotopic (exact) mass is 522 g/mol. The number of rotatable bonds is 4. The number of thiophene rings is 1. The molecule has 1 aliphatic heterocycles. The van der Waals surface area contributed by atoms with Gasteiger partial charge in [-0.1, -0.05) is 30.3 Å². The molecule has 1 aromatic carbocycles. The van der Waals surface area contributed by atoms with Crippen molar-refractivity contribution in [2.75, 3.05) is 13.1 Å². The molecule has 10 nitrogen and oxygen atoms in total. The smallest absolute Gasteiger partial charge is 0.410 e. The summed E-state index contributed by atoms with van der Waals surface area (Å²) in [7, 11) is 1.77. The lowest BCUT2D eigenvalue weighted by atomic mass is 10.1. The summed E-state index contributed by atoms with van der Waals surface area (Å²) in [4.78, 5) is 46.9. The number of amides is 1.